The van der Waals surface area contributed by atoms with E-state index < -0.39 is 0 Å². The van der Waals surface area contributed by atoms with Crippen LogP contribution in [0.1, 0.15) is 118 Å². The van der Waals surface area contributed by atoms with Gasteiger partial charge >= 0.3 is 48.1 Å². The summed E-state index contributed by atoms with van der Waals surface area (Å²) >= 11 is 14.6. The topological polar surface area (TPSA) is 112 Å². The molecule has 0 amide bonds. The molecule has 2 aliphatic rings. The number of halogens is 4. The predicted octanol–water partition coefficient (Wildman–Crippen LogP) is 17.3. The van der Waals surface area contributed by atoms with Gasteiger partial charge in [-0.15, -0.1) is 0 Å². The van der Waals surface area contributed by atoms with Crippen molar-refractivity contribution in [3.63, 3.8) is 0 Å². The van der Waals surface area contributed by atoms with Gasteiger partial charge in [-0.05, 0) is 119 Å². The van der Waals surface area contributed by atoms with Crippen LogP contribution in [0, 0.1) is 13.3 Å². The number of hydrogen-bond donors (Lipinski definition) is 1. The first-order valence-corrected chi connectivity index (χ1v) is 33.5. The Labute approximate surface area is 476 Å². The number of fused-ring (bicyclic) bond motifs is 3. The molecule has 3 atom stereocenters. The fraction of sp³-hybridized carbons (Fsp3) is 0.233. The summed E-state index contributed by atoms with van der Waals surface area (Å²) in [5.74, 6) is 0.0972. The molecular formula is C60H59Br4N3O6Zn. The van der Waals surface area contributed by atoms with Crippen molar-refractivity contribution in [2.24, 2.45) is 0 Å². The van der Waals surface area contributed by atoms with E-state index >= 15 is 0 Å². The van der Waals surface area contributed by atoms with E-state index in [-0.39, 0.29) is 24.1 Å². The number of nitrogens with zero attached hydrogens (tertiary/aromatic N) is 2. The van der Waals surface area contributed by atoms with Gasteiger partial charge < -0.3 is 30.0 Å². The van der Waals surface area contributed by atoms with Crippen molar-refractivity contribution < 1.29 is 45.0 Å². The van der Waals surface area contributed by atoms with Gasteiger partial charge in [-0.3, -0.25) is 0 Å². The van der Waals surface area contributed by atoms with Gasteiger partial charge in [0.15, 0.2) is 0 Å². The number of H-pyrrole nitrogens is 1. The van der Waals surface area contributed by atoms with Crippen LogP contribution in [-0.4, -0.2) is 46.4 Å². The first-order valence-electron chi connectivity index (χ1n) is 24.0. The number of aromatic amines is 1. The Morgan fingerprint density at radius 1 is 0.608 bits per heavy atom. The molecule has 3 unspecified atom stereocenters. The quantitative estimate of drug-likeness (QED) is 0.0702. The molecule has 6 aromatic carbocycles. The zero-order chi connectivity index (χ0) is 53.7. The van der Waals surface area contributed by atoms with Gasteiger partial charge in [0.1, 0.15) is 4.60 Å². The normalized spacial score (nSPS) is 13.0. The SMILES string of the molecule is CC(Br)c1ccccc1.COC(=O)c1c(Br)[nH]c2ccccc12.COC(=O)c1c(Br)n(C(C)c2ccccc2)c2ccccc12.Cc1c(C2CC2)n(C(C)c2ccccc2)c2ccccc12.O=C=O.[CH-]1CC1.[Zn+][Br]. The number of rotatable bonds is 8. The summed E-state index contributed by atoms with van der Waals surface area (Å²) in [5, 5.41) is 3.18. The molecule has 3 heterocycles. The van der Waals surface area contributed by atoms with E-state index in [0.29, 0.717) is 26.6 Å². The van der Waals surface area contributed by atoms with Crippen molar-refractivity contribution in [2.75, 3.05) is 14.2 Å². The van der Waals surface area contributed by atoms with Crippen LogP contribution in [0.15, 0.2) is 173 Å². The van der Waals surface area contributed by atoms with Crippen LogP contribution in [0.25, 0.3) is 32.7 Å². The molecule has 0 radical (unpaired) electrons. The van der Waals surface area contributed by atoms with E-state index in [2.05, 4.69) is 189 Å². The predicted molar refractivity (Wildman–Crippen MR) is 309 cm³/mol. The van der Waals surface area contributed by atoms with Crippen molar-refractivity contribution >= 4 is 112 Å². The number of nitrogens with one attached hydrogen (secondary N) is 1. The van der Waals surface area contributed by atoms with E-state index in [1.165, 1.54) is 89.4 Å². The number of ether oxygens (including phenoxy) is 2. The molecule has 0 spiro atoms. The Balaban J connectivity index is 0.000000180. The second kappa shape index (κ2) is 30.4. The average molecular weight is 1300 g/mol. The number of alkyl halides is 1. The maximum absolute atomic E-state index is 12.2. The third-order valence-electron chi connectivity index (χ3n) is 12.4. The minimum absolute atomic E-state index is 0.0962. The summed E-state index contributed by atoms with van der Waals surface area (Å²) in [7, 11) is 2.78. The minimum atomic E-state index is -0.339. The number of aryl methyl sites for hydroxylation is 1. The van der Waals surface area contributed by atoms with Gasteiger partial charge in [-0.1, -0.05) is 162 Å². The van der Waals surface area contributed by atoms with Crippen LogP contribution in [0.2, 0.25) is 0 Å². The van der Waals surface area contributed by atoms with Gasteiger partial charge in [0.25, 0.3) is 0 Å². The second-order valence-corrected chi connectivity index (χ2v) is 20.1. The van der Waals surface area contributed by atoms with E-state index in [0.717, 1.165) is 32.3 Å². The first kappa shape index (κ1) is 59.7. The summed E-state index contributed by atoms with van der Waals surface area (Å²) < 4.78 is 15.7. The van der Waals surface area contributed by atoms with Crippen molar-refractivity contribution in [2.45, 2.75) is 76.2 Å². The molecule has 74 heavy (non-hydrogen) atoms. The van der Waals surface area contributed by atoms with Crippen LogP contribution in [-0.2, 0) is 35.4 Å². The number of carbonyl (C=O) groups is 2. The number of carbonyl (C=O) groups excluding carboxylic acids is 4. The molecular weight excluding hydrogens is 1240 g/mol. The van der Waals surface area contributed by atoms with Crippen LogP contribution >= 0.6 is 61.4 Å². The second-order valence-electron chi connectivity index (χ2n) is 17.2. The third kappa shape index (κ3) is 15.7. The van der Waals surface area contributed by atoms with Crippen LogP contribution in [0.5, 0.6) is 0 Å². The zero-order valence-electron chi connectivity index (χ0n) is 42.4. The molecule has 2 saturated carbocycles. The van der Waals surface area contributed by atoms with Gasteiger partial charge in [0, 0.05) is 37.7 Å². The van der Waals surface area contributed by atoms with E-state index in [9.17, 15) is 9.59 Å². The molecule has 3 aromatic heterocycles. The molecule has 2 aliphatic carbocycles. The summed E-state index contributed by atoms with van der Waals surface area (Å²) in [5.41, 5.74) is 11.4. The van der Waals surface area contributed by atoms with Crippen molar-refractivity contribution in [3.8, 4) is 0 Å². The molecule has 9 nitrogen and oxygen atoms in total. The van der Waals surface area contributed by atoms with Gasteiger partial charge in [-0.25, -0.2) is 22.4 Å². The van der Waals surface area contributed by atoms with Gasteiger partial charge in [0.05, 0.1) is 47.6 Å². The summed E-state index contributed by atoms with van der Waals surface area (Å²) in [6, 6.07) is 56.2. The summed E-state index contributed by atoms with van der Waals surface area (Å²) in [4.78, 5) is 43.4. The Morgan fingerprint density at radius 2 is 1.00 bits per heavy atom. The van der Waals surface area contributed by atoms with Crippen LogP contribution in [0.3, 0.4) is 0 Å². The number of aromatic nitrogens is 3. The molecule has 0 aliphatic heterocycles. The number of methoxy groups -OCH3 is 2. The number of esters is 2. The zero-order valence-corrected chi connectivity index (χ0v) is 51.7. The molecule has 14 heteroatoms. The number of hydrogen-bond acceptors (Lipinski definition) is 6. The average Bonchev–Trinajstić information content (AvgIpc) is 4.40. The third-order valence-corrected chi connectivity index (χ3v) is 14.3. The van der Waals surface area contributed by atoms with Crippen molar-refractivity contribution in [3.05, 3.63) is 218 Å². The van der Waals surface area contributed by atoms with Crippen LogP contribution in [0.4, 0.5) is 0 Å². The van der Waals surface area contributed by atoms with Gasteiger partial charge in [0.2, 0.25) is 0 Å². The molecule has 9 aromatic rings. The Hall–Kier alpha value is -5.20. The molecule has 380 valence electrons. The van der Waals surface area contributed by atoms with E-state index in [1.54, 1.807) is 5.69 Å². The number of benzene rings is 6. The standard InChI is InChI=1S/C20H21N.C18H16BrNO2.C10H8BrNO2.C8H9Br.C3H5.CO2.BrH.Zn/c1-14-18-10-6-7-11-19(18)21(20(14)17-12-13-17)15(2)16-8-4-3-5-9-16;1-12(13-8-4-3-5-9-13)20-15-11-7-6-10-14(15)16(17(20)19)18(21)22-2;1-14-10(13)8-6-4-2-3-5-7(6)12-9(8)11;1-7(9)8-5-3-2-4-6-8;1-2-3-1;2-1-3;;/h3-11,15,17H,12-13H2,1-2H3;3-12H,1-2H3;2-5,12H,1H3;2-7H,1H3;1H,2-3H2;;1H;/q;;;;-1;;;+2/p-1. The fourth-order valence-electron chi connectivity index (χ4n) is 8.52. The summed E-state index contributed by atoms with van der Waals surface area (Å²) in [6.45, 7) is 8.86. The molecule has 0 saturated heterocycles. The van der Waals surface area contributed by atoms with Gasteiger partial charge in [-0.2, -0.15) is 9.59 Å². The Morgan fingerprint density at radius 3 is 1.45 bits per heavy atom. The summed E-state index contributed by atoms with van der Waals surface area (Å²) in [6.07, 6.45) is 7.94. The van der Waals surface area contributed by atoms with Crippen molar-refractivity contribution in [1.29, 1.82) is 0 Å². The number of para-hydroxylation sites is 3. The Kier molecular flexibility index (Phi) is 24.5. The molecule has 2 fully saturated rings. The van der Waals surface area contributed by atoms with E-state index in [1.807, 2.05) is 84.9 Å². The van der Waals surface area contributed by atoms with Crippen LogP contribution < -0.4 is 0 Å². The monoisotopic (exact) mass is 1300 g/mol. The van der Waals surface area contributed by atoms with E-state index in [4.69, 9.17) is 19.1 Å². The first-order chi connectivity index (χ1) is 35.9. The Bertz CT molecular complexity index is 3220. The fourth-order valence-corrected chi connectivity index (χ4v) is 10.3. The molecule has 0 bridgehead atoms. The molecule has 1 N–H and O–H groups in total. The maximum atomic E-state index is 12.2. The van der Waals surface area contributed by atoms with Crippen molar-refractivity contribution in [1.82, 2.24) is 14.1 Å². The molecule has 11 rings (SSSR count).